The van der Waals surface area contributed by atoms with Crippen LogP contribution >= 0.6 is 0 Å². The Morgan fingerprint density at radius 1 is 1.19 bits per heavy atom. The van der Waals surface area contributed by atoms with E-state index in [0.29, 0.717) is 38.2 Å². The summed E-state index contributed by atoms with van der Waals surface area (Å²) in [5, 5.41) is 3.04. The molecule has 1 saturated heterocycles. The van der Waals surface area contributed by atoms with Crippen molar-refractivity contribution < 1.29 is 9.59 Å². The molecule has 3 rings (SSSR count). The number of rotatable bonds is 7. The number of amides is 2. The fraction of sp³-hybridized carbons (Fsp3) is 0.500. The smallest absolute Gasteiger partial charge is 0.272 e. The molecule has 1 fully saturated rings. The molecule has 1 N–H and O–H groups in total. The van der Waals surface area contributed by atoms with Gasteiger partial charge in [0.1, 0.15) is 11.5 Å². The average Bonchev–Trinajstić information content (AvgIpc) is 3.19. The van der Waals surface area contributed by atoms with Gasteiger partial charge in [0.15, 0.2) is 0 Å². The van der Waals surface area contributed by atoms with E-state index in [1.807, 2.05) is 18.5 Å². The number of hydrogen-bond acceptors (Lipinski definition) is 4. The van der Waals surface area contributed by atoms with E-state index in [2.05, 4.69) is 26.8 Å². The minimum Gasteiger partial charge on any atom is -0.356 e. The first kappa shape index (κ1) is 19.1. The molecule has 144 valence electrons. The monoisotopic (exact) mass is 369 g/mol. The molecule has 0 bridgehead atoms. The molecular formula is C20H27N5O2. The highest BCUT2D eigenvalue weighted by molar-refractivity contribution is 5.92. The second-order valence-corrected chi connectivity index (χ2v) is 6.82. The van der Waals surface area contributed by atoms with Gasteiger partial charge in [0.05, 0.1) is 0 Å². The van der Waals surface area contributed by atoms with Crippen LogP contribution in [0.15, 0.2) is 36.8 Å². The van der Waals surface area contributed by atoms with E-state index in [4.69, 9.17) is 0 Å². The van der Waals surface area contributed by atoms with Crippen molar-refractivity contribution in [3.05, 3.63) is 48.3 Å². The highest BCUT2D eigenvalue weighted by Gasteiger charge is 2.27. The van der Waals surface area contributed by atoms with Crippen molar-refractivity contribution in [2.45, 2.75) is 39.2 Å². The number of carbonyl (C=O) groups excluding carboxylic acids is 2. The Labute approximate surface area is 159 Å². The first-order valence-electron chi connectivity index (χ1n) is 9.67. The standard InChI is InChI=1S/C20H27N5O2/c1-2-18-22-11-15-24(18)12-5-10-23-19(26)16-7-13-25(14-8-16)20(27)17-6-3-4-9-21-17/h3-4,6,9,11,15-16H,2,5,7-8,10,12-14H2,1H3,(H,23,26). The molecule has 0 saturated carbocycles. The molecule has 0 atom stereocenters. The number of hydrogen-bond donors (Lipinski definition) is 1. The molecule has 3 heterocycles. The predicted molar refractivity (Wildman–Crippen MR) is 102 cm³/mol. The maximum Gasteiger partial charge on any atom is 0.272 e. The topological polar surface area (TPSA) is 80.1 Å². The van der Waals surface area contributed by atoms with Crippen LogP contribution in [0, 0.1) is 5.92 Å². The zero-order chi connectivity index (χ0) is 19.1. The van der Waals surface area contributed by atoms with Gasteiger partial charge in [0.25, 0.3) is 5.91 Å². The van der Waals surface area contributed by atoms with Crippen LogP contribution in [0.4, 0.5) is 0 Å². The first-order chi connectivity index (χ1) is 13.2. The first-order valence-corrected chi connectivity index (χ1v) is 9.67. The maximum absolute atomic E-state index is 12.4. The van der Waals surface area contributed by atoms with Crippen molar-refractivity contribution in [3.8, 4) is 0 Å². The number of nitrogens with one attached hydrogen (secondary N) is 1. The number of carbonyl (C=O) groups is 2. The molecule has 0 aromatic carbocycles. The van der Waals surface area contributed by atoms with E-state index in [-0.39, 0.29) is 17.7 Å². The average molecular weight is 369 g/mol. The maximum atomic E-state index is 12.4. The summed E-state index contributed by atoms with van der Waals surface area (Å²) < 4.78 is 2.13. The molecular weight excluding hydrogens is 342 g/mol. The number of aromatic nitrogens is 3. The van der Waals surface area contributed by atoms with Crippen LogP contribution in [-0.4, -0.2) is 50.9 Å². The van der Waals surface area contributed by atoms with Crippen molar-refractivity contribution in [1.82, 2.24) is 24.8 Å². The molecule has 2 amide bonds. The van der Waals surface area contributed by atoms with E-state index in [1.54, 1.807) is 23.2 Å². The van der Waals surface area contributed by atoms with E-state index in [1.165, 1.54) is 0 Å². The number of pyridine rings is 1. The Balaban J connectivity index is 1.38. The lowest BCUT2D eigenvalue weighted by Gasteiger charge is -2.31. The summed E-state index contributed by atoms with van der Waals surface area (Å²) in [6, 6.07) is 5.34. The minimum absolute atomic E-state index is 0.0165. The van der Waals surface area contributed by atoms with Gasteiger partial charge in [0.2, 0.25) is 5.91 Å². The highest BCUT2D eigenvalue weighted by Crippen LogP contribution is 2.18. The zero-order valence-corrected chi connectivity index (χ0v) is 15.8. The van der Waals surface area contributed by atoms with Gasteiger partial charge < -0.3 is 14.8 Å². The molecule has 27 heavy (non-hydrogen) atoms. The van der Waals surface area contributed by atoms with Gasteiger partial charge in [0, 0.05) is 57.1 Å². The normalized spacial score (nSPS) is 14.9. The Hall–Kier alpha value is -2.70. The molecule has 0 radical (unpaired) electrons. The fourth-order valence-corrected chi connectivity index (χ4v) is 3.46. The fourth-order valence-electron chi connectivity index (χ4n) is 3.46. The number of nitrogens with zero attached hydrogens (tertiary/aromatic N) is 4. The number of aryl methyl sites for hydroxylation is 2. The quantitative estimate of drug-likeness (QED) is 0.756. The predicted octanol–water partition coefficient (Wildman–Crippen LogP) is 1.90. The van der Waals surface area contributed by atoms with Crippen LogP contribution < -0.4 is 5.32 Å². The van der Waals surface area contributed by atoms with Crippen molar-refractivity contribution in [3.63, 3.8) is 0 Å². The van der Waals surface area contributed by atoms with Crippen molar-refractivity contribution >= 4 is 11.8 Å². The summed E-state index contributed by atoms with van der Waals surface area (Å²) in [6.07, 6.45) is 8.62. The van der Waals surface area contributed by atoms with Crippen LogP contribution in [0.25, 0.3) is 0 Å². The summed E-state index contributed by atoms with van der Waals surface area (Å²) in [6.45, 7) is 4.81. The molecule has 7 heteroatoms. The Morgan fingerprint density at radius 3 is 2.70 bits per heavy atom. The molecule has 0 aliphatic carbocycles. The third-order valence-corrected chi connectivity index (χ3v) is 5.03. The van der Waals surface area contributed by atoms with Gasteiger partial charge in [-0.25, -0.2) is 4.98 Å². The molecule has 0 unspecified atom stereocenters. The zero-order valence-electron chi connectivity index (χ0n) is 15.8. The van der Waals surface area contributed by atoms with E-state index in [9.17, 15) is 9.59 Å². The van der Waals surface area contributed by atoms with E-state index < -0.39 is 0 Å². The summed E-state index contributed by atoms with van der Waals surface area (Å²) in [7, 11) is 0. The summed E-state index contributed by atoms with van der Waals surface area (Å²) in [5.41, 5.74) is 0.464. The summed E-state index contributed by atoms with van der Waals surface area (Å²) in [5.74, 6) is 1.10. The summed E-state index contributed by atoms with van der Waals surface area (Å²) >= 11 is 0. The summed E-state index contributed by atoms with van der Waals surface area (Å²) in [4.78, 5) is 35.0. The third-order valence-electron chi connectivity index (χ3n) is 5.03. The second-order valence-electron chi connectivity index (χ2n) is 6.82. The van der Waals surface area contributed by atoms with Gasteiger partial charge in [-0.2, -0.15) is 0 Å². The lowest BCUT2D eigenvalue weighted by atomic mass is 9.95. The van der Waals surface area contributed by atoms with Gasteiger partial charge in [-0.05, 0) is 31.4 Å². The number of likely N-dealkylation sites (tertiary alicyclic amines) is 1. The molecule has 1 aliphatic rings. The van der Waals surface area contributed by atoms with Crippen molar-refractivity contribution in [2.24, 2.45) is 5.92 Å². The largest absolute Gasteiger partial charge is 0.356 e. The molecule has 2 aromatic rings. The number of imidazole rings is 1. The lowest BCUT2D eigenvalue weighted by molar-refractivity contribution is -0.126. The van der Waals surface area contributed by atoms with Crippen molar-refractivity contribution in [1.29, 1.82) is 0 Å². The number of piperidine rings is 1. The van der Waals surface area contributed by atoms with Crippen LogP contribution in [0.5, 0.6) is 0 Å². The SMILES string of the molecule is CCc1nccn1CCCNC(=O)C1CCN(C(=O)c2ccccn2)CC1. The molecule has 1 aliphatic heterocycles. The molecule has 0 spiro atoms. The van der Waals surface area contributed by atoms with Gasteiger partial charge >= 0.3 is 0 Å². The van der Waals surface area contributed by atoms with E-state index in [0.717, 1.165) is 25.2 Å². The molecule has 2 aromatic heterocycles. The third kappa shape index (κ3) is 4.93. The molecule has 7 nitrogen and oxygen atoms in total. The Bertz CT molecular complexity index is 751. The van der Waals surface area contributed by atoms with Crippen LogP contribution in [-0.2, 0) is 17.8 Å². The Kier molecular flexibility index (Phi) is 6.57. The lowest BCUT2D eigenvalue weighted by Crippen LogP contribution is -2.43. The Morgan fingerprint density at radius 2 is 2.00 bits per heavy atom. The van der Waals surface area contributed by atoms with Crippen molar-refractivity contribution in [2.75, 3.05) is 19.6 Å². The highest BCUT2D eigenvalue weighted by atomic mass is 16.2. The van der Waals surface area contributed by atoms with Gasteiger partial charge in [-0.15, -0.1) is 0 Å². The second kappa shape index (κ2) is 9.30. The minimum atomic E-state index is -0.0541. The van der Waals surface area contributed by atoms with Crippen LogP contribution in [0.3, 0.4) is 0 Å². The van der Waals surface area contributed by atoms with Crippen LogP contribution in [0.1, 0.15) is 42.5 Å². The van der Waals surface area contributed by atoms with Crippen LogP contribution in [0.2, 0.25) is 0 Å². The van der Waals surface area contributed by atoms with Gasteiger partial charge in [-0.1, -0.05) is 13.0 Å². The van der Waals surface area contributed by atoms with E-state index >= 15 is 0 Å². The van der Waals surface area contributed by atoms with Gasteiger partial charge in [-0.3, -0.25) is 14.6 Å².